The fraction of sp³-hybridized carbons (Fsp3) is 0.882. The third kappa shape index (κ3) is 3.25. The van der Waals surface area contributed by atoms with Gasteiger partial charge in [-0.15, -0.1) is 0 Å². The van der Waals surface area contributed by atoms with Gasteiger partial charge in [0.05, 0.1) is 19.3 Å². The monoisotopic (exact) mass is 524 g/mol. The van der Waals surface area contributed by atoms with Crippen LogP contribution in [-0.4, -0.2) is 31.1 Å². The van der Waals surface area contributed by atoms with Gasteiger partial charge in [-0.25, -0.2) is 4.79 Å². The van der Waals surface area contributed by atoms with Gasteiger partial charge in [-0.3, -0.25) is 4.79 Å². The molecule has 5 aliphatic carbocycles. The average Bonchev–Trinajstić information content (AvgIpc) is 3.17. The van der Waals surface area contributed by atoms with Crippen molar-refractivity contribution in [1.82, 2.24) is 0 Å². The summed E-state index contributed by atoms with van der Waals surface area (Å²) in [6.45, 7) is 20.1. The molecule has 6 fully saturated rings. The molecule has 1 heterocycles. The lowest BCUT2D eigenvalue weighted by Gasteiger charge is -2.73. The number of ketones is 1. The molecule has 0 N–H and O–H groups in total. The Bertz CT molecular complexity index is 1070. The van der Waals surface area contributed by atoms with Gasteiger partial charge in [-0.1, -0.05) is 48.5 Å². The molecule has 0 amide bonds. The van der Waals surface area contributed by atoms with E-state index in [9.17, 15) is 9.59 Å². The molecule has 38 heavy (non-hydrogen) atoms. The number of Topliss-reactive ketones (excluding diaryl/α,β-unsaturated/α-hetero) is 1. The highest BCUT2D eigenvalue weighted by atomic mass is 16.5. The van der Waals surface area contributed by atoms with E-state index in [0.717, 1.165) is 18.9 Å². The highest BCUT2D eigenvalue weighted by molar-refractivity contribution is 6.04. The Balaban J connectivity index is 1.39. The van der Waals surface area contributed by atoms with E-state index in [4.69, 9.17) is 9.47 Å². The molecule has 0 aromatic rings. The number of fused-ring (bicyclic) bond motifs is 5. The molecule has 5 saturated carbocycles. The van der Waals surface area contributed by atoms with Crippen molar-refractivity contribution in [2.24, 2.45) is 56.2 Å². The summed E-state index contributed by atoms with van der Waals surface area (Å²) in [4.78, 5) is 26.2. The van der Waals surface area contributed by atoms with Gasteiger partial charge in [0.2, 0.25) is 0 Å². The van der Waals surface area contributed by atoms with E-state index in [2.05, 4.69) is 48.5 Å². The molecule has 1 saturated heterocycles. The maximum absolute atomic E-state index is 13.7. The number of allylic oxidation sites excluding steroid dienone is 1. The number of rotatable bonds is 2. The van der Waals surface area contributed by atoms with Gasteiger partial charge in [0.15, 0.2) is 5.78 Å². The highest BCUT2D eigenvalue weighted by Crippen LogP contribution is 2.78. The summed E-state index contributed by atoms with van der Waals surface area (Å²) in [5.41, 5.74) is 1.44. The molecule has 6 aliphatic rings. The zero-order valence-electron chi connectivity index (χ0n) is 25.4. The molecule has 2 bridgehead atoms. The summed E-state index contributed by atoms with van der Waals surface area (Å²) in [5, 5.41) is 0. The van der Waals surface area contributed by atoms with Crippen molar-refractivity contribution in [3.05, 3.63) is 11.6 Å². The summed E-state index contributed by atoms with van der Waals surface area (Å²) in [5.74, 6) is 2.11. The number of carbonyl (C=O) groups is 2. The molecule has 4 unspecified atom stereocenters. The SMILES string of the molecule is CCOC(=O)/C=C1\C[C@@]2(C)C(CC[C@]3(C)C2CCC2C4[C@H]5OC[C@@]4(CCC5(C)C)CC[C@]23C)C(C)(C)C1=O. The summed E-state index contributed by atoms with van der Waals surface area (Å²) in [6, 6.07) is 0. The third-order valence-electron chi connectivity index (χ3n) is 14.3. The quantitative estimate of drug-likeness (QED) is 0.276. The van der Waals surface area contributed by atoms with Crippen LogP contribution in [0.2, 0.25) is 0 Å². The molecule has 1 aliphatic heterocycles. The zero-order valence-corrected chi connectivity index (χ0v) is 25.4. The Labute approximate surface area is 231 Å². The van der Waals surface area contributed by atoms with Gasteiger partial charge < -0.3 is 9.47 Å². The smallest absolute Gasteiger partial charge is 0.331 e. The molecule has 0 spiro atoms. The van der Waals surface area contributed by atoms with Crippen molar-refractivity contribution in [2.45, 2.75) is 119 Å². The lowest BCUT2D eigenvalue weighted by Crippen LogP contribution is -2.67. The Kier molecular flexibility index (Phi) is 5.83. The lowest BCUT2D eigenvalue weighted by molar-refractivity contribution is -0.236. The zero-order chi connectivity index (χ0) is 27.5. The van der Waals surface area contributed by atoms with E-state index in [1.807, 2.05) is 6.92 Å². The molecule has 4 nitrogen and oxygen atoms in total. The van der Waals surface area contributed by atoms with Crippen molar-refractivity contribution >= 4 is 11.8 Å². The Hall–Kier alpha value is -1.16. The standard InChI is InChI=1S/C34H52O4/c1-9-37-25(35)18-21-19-31(6)23(30(4,5)27(21)36)12-13-33(8)24(31)11-10-22-26-28-29(2,3)14-16-34(26,20-38-28)17-15-32(22,33)7/h18,22-24,26,28H,9-17,19-20H2,1-8H3/b21-18+/t22?,23?,24?,26?,28-,31+,32-,33-,34-/m1/s1. The maximum atomic E-state index is 13.7. The number of hydrogen-bond donors (Lipinski definition) is 0. The molecule has 0 aromatic heterocycles. The Morgan fingerprint density at radius 3 is 2.34 bits per heavy atom. The van der Waals surface area contributed by atoms with E-state index in [1.54, 1.807) is 0 Å². The van der Waals surface area contributed by atoms with Crippen molar-refractivity contribution in [3.63, 3.8) is 0 Å². The van der Waals surface area contributed by atoms with Crippen LogP contribution in [0.4, 0.5) is 0 Å². The van der Waals surface area contributed by atoms with Gasteiger partial charge in [0.1, 0.15) is 0 Å². The molecule has 6 rings (SSSR count). The van der Waals surface area contributed by atoms with Crippen LogP contribution in [0.15, 0.2) is 11.6 Å². The molecule has 212 valence electrons. The number of ether oxygens (including phenoxy) is 2. The van der Waals surface area contributed by atoms with Crippen LogP contribution >= 0.6 is 0 Å². The second-order valence-electron chi connectivity index (χ2n) is 16.4. The highest BCUT2D eigenvalue weighted by Gasteiger charge is 2.73. The van der Waals surface area contributed by atoms with Crippen LogP contribution in [0.25, 0.3) is 0 Å². The molecular weight excluding hydrogens is 472 g/mol. The minimum absolute atomic E-state index is 0.00711. The fourth-order valence-electron chi connectivity index (χ4n) is 12.3. The lowest BCUT2D eigenvalue weighted by atomic mass is 9.31. The summed E-state index contributed by atoms with van der Waals surface area (Å²) in [6.07, 6.45) is 12.8. The third-order valence-corrected chi connectivity index (χ3v) is 14.3. The summed E-state index contributed by atoms with van der Waals surface area (Å²) >= 11 is 0. The van der Waals surface area contributed by atoms with Crippen molar-refractivity contribution < 1.29 is 19.1 Å². The van der Waals surface area contributed by atoms with Crippen molar-refractivity contribution in [2.75, 3.05) is 13.2 Å². The number of carbonyl (C=O) groups excluding carboxylic acids is 2. The Morgan fingerprint density at radius 2 is 1.63 bits per heavy atom. The summed E-state index contributed by atoms with van der Waals surface area (Å²) < 4.78 is 12.0. The first-order valence-electron chi connectivity index (χ1n) is 15.7. The van der Waals surface area contributed by atoms with E-state index in [-0.39, 0.29) is 33.4 Å². The predicted molar refractivity (Wildman–Crippen MR) is 149 cm³/mol. The minimum Gasteiger partial charge on any atom is -0.463 e. The second kappa shape index (κ2) is 8.20. The minimum atomic E-state index is -0.457. The largest absolute Gasteiger partial charge is 0.463 e. The van der Waals surface area contributed by atoms with Crippen LogP contribution in [0.5, 0.6) is 0 Å². The number of esters is 1. The normalized spacial score (nSPS) is 51.4. The van der Waals surface area contributed by atoms with Crippen molar-refractivity contribution in [1.29, 1.82) is 0 Å². The Morgan fingerprint density at radius 1 is 0.921 bits per heavy atom. The first-order chi connectivity index (χ1) is 17.7. The maximum Gasteiger partial charge on any atom is 0.331 e. The first-order valence-corrected chi connectivity index (χ1v) is 15.7. The molecule has 0 aromatic carbocycles. The van der Waals surface area contributed by atoms with E-state index in [1.165, 1.54) is 51.0 Å². The van der Waals surface area contributed by atoms with Gasteiger partial charge in [0, 0.05) is 17.1 Å². The van der Waals surface area contributed by atoms with E-state index >= 15 is 0 Å². The van der Waals surface area contributed by atoms with Crippen LogP contribution in [0.1, 0.15) is 113 Å². The molecular formula is C34H52O4. The van der Waals surface area contributed by atoms with Gasteiger partial charge in [0.25, 0.3) is 0 Å². The van der Waals surface area contributed by atoms with Crippen LogP contribution in [0.3, 0.4) is 0 Å². The average molecular weight is 525 g/mol. The first kappa shape index (κ1) is 27.0. The van der Waals surface area contributed by atoms with Crippen LogP contribution < -0.4 is 0 Å². The molecule has 4 heteroatoms. The topological polar surface area (TPSA) is 52.6 Å². The van der Waals surface area contributed by atoms with Gasteiger partial charge in [-0.05, 0) is 115 Å². The summed E-state index contributed by atoms with van der Waals surface area (Å²) in [7, 11) is 0. The van der Waals surface area contributed by atoms with Gasteiger partial charge in [-0.2, -0.15) is 0 Å². The van der Waals surface area contributed by atoms with Crippen LogP contribution in [0, 0.1) is 56.2 Å². The van der Waals surface area contributed by atoms with Crippen molar-refractivity contribution in [3.8, 4) is 0 Å². The van der Waals surface area contributed by atoms with E-state index < -0.39 is 5.41 Å². The van der Waals surface area contributed by atoms with Crippen LogP contribution in [-0.2, 0) is 19.1 Å². The molecule has 9 atom stereocenters. The van der Waals surface area contributed by atoms with E-state index in [0.29, 0.717) is 47.9 Å². The number of hydrogen-bond acceptors (Lipinski definition) is 4. The van der Waals surface area contributed by atoms with Gasteiger partial charge >= 0.3 is 5.97 Å². The predicted octanol–water partition coefficient (Wildman–Crippen LogP) is 7.55. The second-order valence-corrected chi connectivity index (χ2v) is 16.4. The molecule has 0 radical (unpaired) electrons. The fourth-order valence-corrected chi connectivity index (χ4v) is 12.3.